The van der Waals surface area contributed by atoms with E-state index < -0.39 is 39.7 Å². The first-order chi connectivity index (χ1) is 24.9. The molecule has 9 rings (SSSR count). The van der Waals surface area contributed by atoms with Crippen LogP contribution in [0, 0.1) is 36.5 Å². The van der Waals surface area contributed by atoms with Gasteiger partial charge in [-0.3, -0.25) is 14.1 Å². The third-order valence-electron chi connectivity index (χ3n) is 11.8. The van der Waals surface area contributed by atoms with Gasteiger partial charge in [-0.15, -0.1) is 0 Å². The first kappa shape index (κ1) is 36.7. The fourth-order valence-corrected chi connectivity index (χ4v) is 9.64. The highest BCUT2D eigenvalue weighted by Gasteiger charge is 2.66. The van der Waals surface area contributed by atoms with Crippen molar-refractivity contribution >= 4 is 21.9 Å². The molecule has 1 saturated heterocycles. The number of ether oxygens (including phenoxy) is 1. The van der Waals surface area contributed by atoms with Crippen LogP contribution in [0.3, 0.4) is 0 Å². The zero-order valence-electron chi connectivity index (χ0n) is 29.5. The maximum Gasteiger partial charge on any atom is 0.294 e. The monoisotopic (exact) mass is 731 g/mol. The van der Waals surface area contributed by atoms with Crippen molar-refractivity contribution in [1.29, 1.82) is 0 Å². The van der Waals surface area contributed by atoms with E-state index in [9.17, 15) is 18.0 Å². The number of hydrogen-bond donors (Lipinski definition) is 4. The average molecular weight is 732 g/mol. The zero-order valence-corrected chi connectivity index (χ0v) is 30.3. The summed E-state index contributed by atoms with van der Waals surface area (Å²) in [7, 11) is -4.02. The number of nitrogens with two attached hydrogens (primary N) is 1. The molecule has 6 aliphatic rings. The van der Waals surface area contributed by atoms with Gasteiger partial charge in [0.25, 0.3) is 10.1 Å². The minimum absolute atomic E-state index is 0.0666. The van der Waals surface area contributed by atoms with Gasteiger partial charge in [0.05, 0.1) is 4.90 Å². The summed E-state index contributed by atoms with van der Waals surface area (Å²) < 4.78 is 36.4. The standard InChI is InChI=1S/C33H41N3O5.C7H8O3S/c34-28(24-7-3-1-4-8-24)30(37)36-29(25-9-5-2-6-10-25)31(38)35-20-21-11-13-32(14-12-21)39-33(41-40-32)26-16-22-15-23(18-26)19-27(33)17-22;1-6-2-4-7(5-3-6)11(8,9)10/h1-10,21-23,26-29H,11-20,34H2,(H,35,38)(H,36,37);2-5H,1H3,(H,8,9,10)/t21?,22?,23?,26?,27?,28-,29-,32?,33?;/m0./s1. The lowest BCUT2D eigenvalue weighted by atomic mass is 9.53. The van der Waals surface area contributed by atoms with Crippen LogP contribution >= 0.6 is 0 Å². The first-order valence-corrected chi connectivity index (χ1v) is 19.9. The summed E-state index contributed by atoms with van der Waals surface area (Å²) in [5.74, 6) is 1.04. The minimum Gasteiger partial charge on any atom is -0.354 e. The van der Waals surface area contributed by atoms with Crippen molar-refractivity contribution in [3.05, 3.63) is 102 Å². The maximum atomic E-state index is 13.4. The van der Waals surface area contributed by atoms with E-state index in [0.29, 0.717) is 35.4 Å². The molecule has 4 bridgehead atoms. The molecule has 11 nitrogen and oxygen atoms in total. The Balaban J connectivity index is 0.000000329. The van der Waals surface area contributed by atoms with Gasteiger partial charge < -0.3 is 21.1 Å². The Morgan fingerprint density at radius 1 is 0.808 bits per heavy atom. The van der Waals surface area contributed by atoms with Crippen molar-refractivity contribution in [2.24, 2.45) is 35.3 Å². The normalized spacial score (nSPS) is 31.4. The van der Waals surface area contributed by atoms with E-state index in [-0.39, 0.29) is 10.8 Å². The van der Waals surface area contributed by atoms with E-state index >= 15 is 0 Å². The number of carbonyl (C=O) groups is 2. The molecule has 0 unspecified atom stereocenters. The molecule has 0 aromatic heterocycles. The smallest absolute Gasteiger partial charge is 0.294 e. The Bertz CT molecular complexity index is 1790. The summed E-state index contributed by atoms with van der Waals surface area (Å²) in [6.45, 7) is 2.37. The third kappa shape index (κ3) is 7.83. The summed E-state index contributed by atoms with van der Waals surface area (Å²) in [5.41, 5.74) is 8.59. The second-order valence-electron chi connectivity index (χ2n) is 15.4. The van der Waals surface area contributed by atoms with Gasteiger partial charge in [0.1, 0.15) is 12.1 Å². The SMILES string of the molecule is Cc1ccc(S(=O)(=O)O)cc1.N[C@H](C(=O)N[C@H](C(=O)NCC1CCC2(CC1)OOC1(O2)C2CC3CC(C2)CC1C3)c1ccccc1)c1ccccc1. The number of amides is 2. The van der Waals surface area contributed by atoms with E-state index in [1.165, 1.54) is 44.2 Å². The van der Waals surface area contributed by atoms with Crippen LogP contribution < -0.4 is 16.4 Å². The molecular formula is C40H49N3O8S. The Hall–Kier alpha value is -3.65. The summed E-state index contributed by atoms with van der Waals surface area (Å²) >= 11 is 0. The lowest BCUT2D eigenvalue weighted by Crippen LogP contribution is -2.59. The average Bonchev–Trinajstić information content (AvgIpc) is 3.52. The Morgan fingerprint density at radius 3 is 1.92 bits per heavy atom. The van der Waals surface area contributed by atoms with E-state index in [4.69, 9.17) is 24.8 Å². The first-order valence-electron chi connectivity index (χ1n) is 18.5. The van der Waals surface area contributed by atoms with Gasteiger partial charge in [-0.2, -0.15) is 18.2 Å². The van der Waals surface area contributed by atoms with Crippen LogP contribution in [0.15, 0.2) is 89.8 Å². The van der Waals surface area contributed by atoms with E-state index in [1.807, 2.05) is 67.6 Å². The van der Waals surface area contributed by atoms with Crippen LogP contribution in [-0.2, 0) is 34.2 Å². The molecule has 5 aliphatic carbocycles. The maximum absolute atomic E-state index is 13.4. The number of carbonyl (C=O) groups excluding carboxylic acids is 2. The van der Waals surface area contributed by atoms with Crippen LogP contribution in [0.2, 0.25) is 0 Å². The van der Waals surface area contributed by atoms with E-state index in [0.717, 1.165) is 43.1 Å². The molecular weight excluding hydrogens is 683 g/mol. The largest absolute Gasteiger partial charge is 0.354 e. The van der Waals surface area contributed by atoms with E-state index in [2.05, 4.69) is 10.6 Å². The summed E-state index contributed by atoms with van der Waals surface area (Å²) in [6, 6.07) is 22.8. The predicted molar refractivity (Wildman–Crippen MR) is 192 cm³/mol. The highest BCUT2D eigenvalue weighted by atomic mass is 32.2. The highest BCUT2D eigenvalue weighted by molar-refractivity contribution is 7.85. The molecule has 5 N–H and O–H groups in total. The van der Waals surface area contributed by atoms with Crippen LogP contribution in [-0.4, -0.2) is 42.9 Å². The molecule has 6 fully saturated rings. The molecule has 52 heavy (non-hydrogen) atoms. The van der Waals surface area contributed by atoms with Crippen molar-refractivity contribution in [2.45, 2.75) is 93.3 Å². The summed E-state index contributed by atoms with van der Waals surface area (Å²) in [5, 5.41) is 5.99. The van der Waals surface area contributed by atoms with Crippen molar-refractivity contribution in [3.8, 4) is 0 Å². The van der Waals surface area contributed by atoms with Gasteiger partial charge in [-0.05, 0) is 92.9 Å². The second kappa shape index (κ2) is 15.0. The molecule has 1 heterocycles. The molecule has 12 heteroatoms. The van der Waals surface area contributed by atoms with Crippen LogP contribution in [0.4, 0.5) is 0 Å². The molecule has 278 valence electrons. The van der Waals surface area contributed by atoms with E-state index in [1.54, 1.807) is 12.1 Å². The van der Waals surface area contributed by atoms with Crippen molar-refractivity contribution < 1.29 is 37.1 Å². The third-order valence-corrected chi connectivity index (χ3v) is 12.7. The molecule has 2 spiro atoms. The van der Waals surface area contributed by atoms with Crippen LogP contribution in [0.1, 0.15) is 86.6 Å². The topological polar surface area (TPSA) is 166 Å². The zero-order chi connectivity index (χ0) is 36.5. The van der Waals surface area contributed by atoms with Gasteiger partial charge in [-0.1, -0.05) is 78.4 Å². The molecule has 5 saturated carbocycles. The fourth-order valence-electron chi connectivity index (χ4n) is 9.16. The summed E-state index contributed by atoms with van der Waals surface area (Å²) in [4.78, 5) is 38.7. The van der Waals surface area contributed by atoms with Gasteiger partial charge in [0.2, 0.25) is 23.4 Å². The van der Waals surface area contributed by atoms with Crippen molar-refractivity contribution in [3.63, 3.8) is 0 Å². The van der Waals surface area contributed by atoms with Crippen molar-refractivity contribution in [1.82, 2.24) is 10.6 Å². The van der Waals surface area contributed by atoms with Gasteiger partial charge in [0, 0.05) is 31.2 Å². The molecule has 2 amide bonds. The highest BCUT2D eigenvalue weighted by Crippen LogP contribution is 2.63. The molecule has 0 radical (unpaired) electrons. The van der Waals surface area contributed by atoms with Crippen LogP contribution in [0.5, 0.6) is 0 Å². The molecule has 3 aromatic rings. The lowest BCUT2D eigenvalue weighted by Gasteiger charge is -2.57. The number of aryl methyl sites for hydroxylation is 1. The Morgan fingerprint density at radius 2 is 1.37 bits per heavy atom. The van der Waals surface area contributed by atoms with Crippen molar-refractivity contribution in [2.75, 3.05) is 6.54 Å². The van der Waals surface area contributed by atoms with Gasteiger partial charge in [0.15, 0.2) is 0 Å². The number of nitrogens with one attached hydrogen (secondary N) is 2. The lowest BCUT2D eigenvalue weighted by molar-refractivity contribution is -0.390. The molecule has 2 atom stereocenters. The second-order valence-corrected chi connectivity index (χ2v) is 16.8. The number of benzene rings is 3. The Labute approximate surface area is 305 Å². The quantitative estimate of drug-likeness (QED) is 0.163. The fraction of sp³-hybridized carbons (Fsp3) is 0.500. The van der Waals surface area contributed by atoms with Crippen LogP contribution in [0.25, 0.3) is 0 Å². The predicted octanol–water partition coefficient (Wildman–Crippen LogP) is 5.92. The van der Waals surface area contributed by atoms with Gasteiger partial charge >= 0.3 is 0 Å². The van der Waals surface area contributed by atoms with Gasteiger partial charge in [-0.25, -0.2) is 0 Å². The number of hydrogen-bond acceptors (Lipinski definition) is 8. The molecule has 3 aromatic carbocycles. The Kier molecular flexibility index (Phi) is 10.6. The summed E-state index contributed by atoms with van der Waals surface area (Å²) in [6.07, 6.45) is 9.47. The molecule has 1 aliphatic heterocycles. The number of rotatable bonds is 8. The minimum atomic E-state index is -4.02.